The molecule has 0 aliphatic carbocycles. The molecule has 0 atom stereocenters. The van der Waals surface area contributed by atoms with Crippen molar-refractivity contribution >= 4 is 22.4 Å². The Morgan fingerprint density at radius 2 is 2.00 bits per heavy atom. The fourth-order valence-electron chi connectivity index (χ4n) is 1.41. The highest BCUT2D eigenvalue weighted by atomic mass is 32.1. The Morgan fingerprint density at radius 1 is 1.31 bits per heavy atom. The zero-order valence-corrected chi connectivity index (χ0v) is 9.33. The van der Waals surface area contributed by atoms with Gasteiger partial charge in [-0.25, -0.2) is 4.98 Å². The van der Waals surface area contributed by atoms with Crippen molar-refractivity contribution in [1.29, 1.82) is 0 Å². The van der Waals surface area contributed by atoms with Gasteiger partial charge < -0.3 is 11.5 Å². The molecule has 82 valence electrons. The van der Waals surface area contributed by atoms with E-state index in [4.69, 9.17) is 11.5 Å². The molecule has 0 aliphatic rings. The van der Waals surface area contributed by atoms with Gasteiger partial charge in [0.2, 0.25) is 5.91 Å². The molecule has 0 fully saturated rings. The summed E-state index contributed by atoms with van der Waals surface area (Å²) in [7, 11) is 0. The summed E-state index contributed by atoms with van der Waals surface area (Å²) < 4.78 is 0. The van der Waals surface area contributed by atoms with Gasteiger partial charge in [0.15, 0.2) is 5.13 Å². The summed E-state index contributed by atoms with van der Waals surface area (Å²) in [6, 6.07) is 7.56. The number of thiazole rings is 1. The number of nitrogen functional groups attached to an aromatic ring is 1. The molecule has 2 aromatic rings. The normalized spacial score (nSPS) is 10.2. The minimum absolute atomic E-state index is 0.263. The Bertz CT molecular complexity index is 504. The molecule has 0 radical (unpaired) electrons. The van der Waals surface area contributed by atoms with Gasteiger partial charge in [-0.3, -0.25) is 4.79 Å². The summed E-state index contributed by atoms with van der Waals surface area (Å²) in [6.45, 7) is 0. The molecule has 1 amide bonds. The number of amides is 1. The van der Waals surface area contributed by atoms with Crippen LogP contribution in [0.5, 0.6) is 0 Å². The first-order valence-electron chi connectivity index (χ1n) is 4.74. The smallest absolute Gasteiger partial charge is 0.221 e. The highest BCUT2D eigenvalue weighted by Gasteiger charge is 2.03. The van der Waals surface area contributed by atoms with Crippen LogP contribution in [0.2, 0.25) is 0 Å². The Morgan fingerprint density at radius 3 is 2.50 bits per heavy atom. The minimum Gasteiger partial charge on any atom is -0.375 e. The fourth-order valence-corrected chi connectivity index (χ4v) is 1.99. The standard InChI is InChI=1S/C11H11N3OS/c12-10(15)5-7-1-3-8(4-2-7)9-6-16-11(13)14-9/h1-4,6H,5H2,(H2,12,15)(H2,13,14). The van der Waals surface area contributed by atoms with Gasteiger partial charge in [0, 0.05) is 10.9 Å². The second-order valence-corrected chi connectivity index (χ2v) is 4.30. The molecule has 4 N–H and O–H groups in total. The maximum Gasteiger partial charge on any atom is 0.221 e. The molecule has 1 heterocycles. The van der Waals surface area contributed by atoms with Crippen LogP contribution in [-0.2, 0) is 11.2 Å². The Labute approximate surface area is 96.9 Å². The van der Waals surface area contributed by atoms with Crippen molar-refractivity contribution in [1.82, 2.24) is 4.98 Å². The van der Waals surface area contributed by atoms with Crippen LogP contribution in [0.25, 0.3) is 11.3 Å². The van der Waals surface area contributed by atoms with E-state index in [1.54, 1.807) is 0 Å². The van der Waals surface area contributed by atoms with Crippen LogP contribution in [-0.4, -0.2) is 10.9 Å². The van der Waals surface area contributed by atoms with E-state index in [-0.39, 0.29) is 12.3 Å². The van der Waals surface area contributed by atoms with Crippen LogP contribution in [0.4, 0.5) is 5.13 Å². The summed E-state index contributed by atoms with van der Waals surface area (Å²) in [5.41, 5.74) is 13.4. The molecule has 2 rings (SSSR count). The number of nitrogens with two attached hydrogens (primary N) is 2. The number of hydrogen-bond donors (Lipinski definition) is 2. The van der Waals surface area contributed by atoms with E-state index in [2.05, 4.69) is 4.98 Å². The number of primary amides is 1. The molecule has 0 saturated heterocycles. The molecule has 0 unspecified atom stereocenters. The lowest BCUT2D eigenvalue weighted by Gasteiger charge is -1.99. The number of hydrogen-bond acceptors (Lipinski definition) is 4. The Kier molecular flexibility index (Phi) is 2.87. The molecule has 4 nitrogen and oxygen atoms in total. The number of benzene rings is 1. The van der Waals surface area contributed by atoms with Gasteiger partial charge in [0.1, 0.15) is 0 Å². The average molecular weight is 233 g/mol. The van der Waals surface area contributed by atoms with E-state index >= 15 is 0 Å². The summed E-state index contributed by atoms with van der Waals surface area (Å²) in [6.07, 6.45) is 0.263. The molecule has 5 heteroatoms. The van der Waals surface area contributed by atoms with Crippen molar-refractivity contribution in [2.24, 2.45) is 5.73 Å². The molecule has 1 aromatic heterocycles. The van der Waals surface area contributed by atoms with Crippen LogP contribution >= 0.6 is 11.3 Å². The first-order chi connectivity index (χ1) is 7.65. The summed E-state index contributed by atoms with van der Waals surface area (Å²) in [5.74, 6) is -0.328. The number of carbonyl (C=O) groups excluding carboxylic acids is 1. The molecule has 1 aromatic carbocycles. The molecular weight excluding hydrogens is 222 g/mol. The predicted octanol–water partition coefficient (Wildman–Crippen LogP) is 1.42. The van der Waals surface area contributed by atoms with Gasteiger partial charge in [-0.2, -0.15) is 0 Å². The molecular formula is C11H11N3OS. The van der Waals surface area contributed by atoms with Crippen LogP contribution < -0.4 is 11.5 Å². The van der Waals surface area contributed by atoms with Crippen molar-refractivity contribution in [2.75, 3.05) is 5.73 Å². The van der Waals surface area contributed by atoms with Crippen molar-refractivity contribution in [3.05, 3.63) is 35.2 Å². The van der Waals surface area contributed by atoms with Crippen molar-refractivity contribution in [2.45, 2.75) is 6.42 Å². The van der Waals surface area contributed by atoms with Gasteiger partial charge in [-0.1, -0.05) is 24.3 Å². The number of aromatic nitrogens is 1. The quantitative estimate of drug-likeness (QED) is 0.841. The topological polar surface area (TPSA) is 82.0 Å². The lowest BCUT2D eigenvalue weighted by Crippen LogP contribution is -2.13. The highest BCUT2D eigenvalue weighted by Crippen LogP contribution is 2.23. The van der Waals surface area contributed by atoms with Crippen molar-refractivity contribution in [3.63, 3.8) is 0 Å². The zero-order valence-electron chi connectivity index (χ0n) is 8.51. The fraction of sp³-hybridized carbons (Fsp3) is 0.0909. The molecule has 0 spiro atoms. The van der Waals surface area contributed by atoms with Crippen LogP contribution in [0.3, 0.4) is 0 Å². The van der Waals surface area contributed by atoms with Gasteiger partial charge in [0.05, 0.1) is 12.1 Å². The Hall–Kier alpha value is -1.88. The van der Waals surface area contributed by atoms with Gasteiger partial charge in [0.25, 0.3) is 0 Å². The predicted molar refractivity (Wildman–Crippen MR) is 64.9 cm³/mol. The molecule has 16 heavy (non-hydrogen) atoms. The van der Waals surface area contributed by atoms with E-state index in [1.165, 1.54) is 11.3 Å². The first-order valence-corrected chi connectivity index (χ1v) is 5.62. The van der Waals surface area contributed by atoms with Crippen molar-refractivity contribution in [3.8, 4) is 11.3 Å². The second-order valence-electron chi connectivity index (χ2n) is 3.41. The summed E-state index contributed by atoms with van der Waals surface area (Å²) in [4.78, 5) is 14.9. The number of anilines is 1. The van der Waals surface area contributed by atoms with E-state index in [1.807, 2.05) is 29.6 Å². The first kappa shape index (κ1) is 10.6. The minimum atomic E-state index is -0.328. The third-order valence-corrected chi connectivity index (χ3v) is 2.82. The van der Waals surface area contributed by atoms with Crippen molar-refractivity contribution < 1.29 is 4.79 Å². The average Bonchev–Trinajstić information content (AvgIpc) is 2.65. The molecule has 0 aliphatic heterocycles. The lowest BCUT2D eigenvalue weighted by molar-refractivity contribution is -0.117. The monoisotopic (exact) mass is 233 g/mol. The molecule has 0 bridgehead atoms. The largest absolute Gasteiger partial charge is 0.375 e. The lowest BCUT2D eigenvalue weighted by atomic mass is 10.1. The van der Waals surface area contributed by atoms with Gasteiger partial charge in [-0.15, -0.1) is 11.3 Å². The summed E-state index contributed by atoms with van der Waals surface area (Å²) >= 11 is 1.41. The zero-order chi connectivity index (χ0) is 11.5. The highest BCUT2D eigenvalue weighted by molar-refractivity contribution is 7.13. The second kappa shape index (κ2) is 4.32. The van der Waals surface area contributed by atoms with Crippen LogP contribution in [0.15, 0.2) is 29.6 Å². The molecule has 0 saturated carbocycles. The van der Waals surface area contributed by atoms with E-state index in [0.717, 1.165) is 16.8 Å². The van der Waals surface area contributed by atoms with E-state index in [0.29, 0.717) is 5.13 Å². The Balaban J connectivity index is 2.22. The third kappa shape index (κ3) is 2.38. The maximum atomic E-state index is 10.7. The van der Waals surface area contributed by atoms with Gasteiger partial charge in [-0.05, 0) is 5.56 Å². The number of carbonyl (C=O) groups is 1. The van der Waals surface area contributed by atoms with Crippen LogP contribution in [0, 0.1) is 0 Å². The summed E-state index contributed by atoms with van der Waals surface area (Å²) in [5, 5.41) is 2.45. The number of nitrogens with zero attached hydrogens (tertiary/aromatic N) is 1. The maximum absolute atomic E-state index is 10.7. The SMILES string of the molecule is NC(=O)Cc1ccc(-c2csc(N)n2)cc1. The van der Waals surface area contributed by atoms with E-state index in [9.17, 15) is 4.79 Å². The number of rotatable bonds is 3. The van der Waals surface area contributed by atoms with E-state index < -0.39 is 0 Å². The van der Waals surface area contributed by atoms with Crippen LogP contribution in [0.1, 0.15) is 5.56 Å². The van der Waals surface area contributed by atoms with Gasteiger partial charge >= 0.3 is 0 Å². The third-order valence-electron chi connectivity index (χ3n) is 2.15.